The molecule has 8 heteroatoms. The minimum absolute atomic E-state index is 0.0361. The molecule has 0 saturated carbocycles. The SMILES string of the molecule is COc1ncnc(N2CCC(C(C)=O)CC2)c1[N+](=O)[O-]. The number of rotatable bonds is 4. The maximum atomic E-state index is 11.3. The Balaban J connectivity index is 2.26. The van der Waals surface area contributed by atoms with Crippen LogP contribution < -0.4 is 9.64 Å². The second-order valence-corrected chi connectivity index (χ2v) is 4.68. The molecule has 1 saturated heterocycles. The van der Waals surface area contributed by atoms with Crippen molar-refractivity contribution in [1.29, 1.82) is 0 Å². The Morgan fingerprint density at radius 3 is 2.60 bits per heavy atom. The summed E-state index contributed by atoms with van der Waals surface area (Å²) in [6.45, 7) is 2.70. The molecule has 1 aromatic rings. The van der Waals surface area contributed by atoms with Crippen molar-refractivity contribution in [1.82, 2.24) is 9.97 Å². The number of aromatic nitrogens is 2. The number of ketones is 1. The van der Waals surface area contributed by atoms with Crippen molar-refractivity contribution in [2.45, 2.75) is 19.8 Å². The monoisotopic (exact) mass is 280 g/mol. The molecule has 108 valence electrons. The highest BCUT2D eigenvalue weighted by molar-refractivity contribution is 5.78. The molecule has 20 heavy (non-hydrogen) atoms. The number of piperidine rings is 1. The average Bonchev–Trinajstić information content (AvgIpc) is 2.46. The predicted octanol–water partition coefficient (Wildman–Crippen LogP) is 1.20. The fraction of sp³-hybridized carbons (Fsp3) is 0.583. The number of carbonyl (C=O) groups is 1. The largest absolute Gasteiger partial charge is 0.476 e. The fourth-order valence-corrected chi connectivity index (χ4v) is 2.39. The van der Waals surface area contributed by atoms with Crippen LogP contribution in [-0.2, 0) is 4.79 Å². The van der Waals surface area contributed by atoms with Crippen molar-refractivity contribution in [2.75, 3.05) is 25.1 Å². The number of methoxy groups -OCH3 is 1. The molecule has 1 aromatic heterocycles. The summed E-state index contributed by atoms with van der Waals surface area (Å²) in [7, 11) is 1.33. The van der Waals surface area contributed by atoms with E-state index in [-0.39, 0.29) is 29.1 Å². The Bertz CT molecular complexity index is 526. The zero-order valence-corrected chi connectivity index (χ0v) is 11.4. The maximum absolute atomic E-state index is 11.3. The zero-order chi connectivity index (χ0) is 14.7. The first-order valence-corrected chi connectivity index (χ1v) is 6.33. The lowest BCUT2D eigenvalue weighted by Crippen LogP contribution is -2.36. The van der Waals surface area contributed by atoms with E-state index >= 15 is 0 Å². The van der Waals surface area contributed by atoms with Crippen LogP contribution in [0.4, 0.5) is 11.5 Å². The highest BCUT2D eigenvalue weighted by Crippen LogP contribution is 2.35. The number of hydrogen-bond donors (Lipinski definition) is 0. The summed E-state index contributed by atoms with van der Waals surface area (Å²) in [5.74, 6) is 0.408. The lowest BCUT2D eigenvalue weighted by molar-refractivity contribution is -0.385. The molecule has 0 amide bonds. The highest BCUT2D eigenvalue weighted by atomic mass is 16.6. The molecule has 1 fully saturated rings. The van der Waals surface area contributed by atoms with E-state index in [1.807, 2.05) is 4.90 Å². The number of carbonyl (C=O) groups excluding carboxylic acids is 1. The smallest absolute Gasteiger partial charge is 0.372 e. The van der Waals surface area contributed by atoms with Crippen LogP contribution in [0.15, 0.2) is 6.33 Å². The van der Waals surface area contributed by atoms with E-state index in [1.54, 1.807) is 6.92 Å². The molecule has 0 atom stereocenters. The molecule has 1 aliphatic rings. The van der Waals surface area contributed by atoms with Gasteiger partial charge in [-0.1, -0.05) is 0 Å². The Hall–Kier alpha value is -2.25. The predicted molar refractivity (Wildman–Crippen MR) is 70.9 cm³/mol. The van der Waals surface area contributed by atoms with E-state index in [0.717, 1.165) is 0 Å². The highest BCUT2D eigenvalue weighted by Gasteiger charge is 2.31. The number of hydrogen-bond acceptors (Lipinski definition) is 7. The molecule has 0 spiro atoms. The van der Waals surface area contributed by atoms with E-state index < -0.39 is 4.92 Å². The van der Waals surface area contributed by atoms with Gasteiger partial charge in [-0.2, -0.15) is 4.98 Å². The van der Waals surface area contributed by atoms with Crippen LogP contribution >= 0.6 is 0 Å². The van der Waals surface area contributed by atoms with Gasteiger partial charge in [0.05, 0.1) is 12.0 Å². The summed E-state index contributed by atoms with van der Waals surface area (Å²) in [6, 6.07) is 0. The average molecular weight is 280 g/mol. The van der Waals surface area contributed by atoms with Gasteiger partial charge < -0.3 is 9.64 Å². The van der Waals surface area contributed by atoms with Gasteiger partial charge in [-0.15, -0.1) is 0 Å². The van der Waals surface area contributed by atoms with Gasteiger partial charge in [0.2, 0.25) is 5.82 Å². The van der Waals surface area contributed by atoms with Crippen LogP contribution in [0.5, 0.6) is 5.88 Å². The normalized spacial score (nSPS) is 16.0. The Labute approximate surface area is 115 Å². The van der Waals surface area contributed by atoms with E-state index in [9.17, 15) is 14.9 Å². The first kappa shape index (κ1) is 14.2. The fourth-order valence-electron chi connectivity index (χ4n) is 2.39. The van der Waals surface area contributed by atoms with Crippen LogP contribution in [0.25, 0.3) is 0 Å². The van der Waals surface area contributed by atoms with E-state index in [4.69, 9.17) is 4.74 Å². The number of ether oxygens (including phenoxy) is 1. The third-order valence-corrected chi connectivity index (χ3v) is 3.51. The summed E-state index contributed by atoms with van der Waals surface area (Å²) < 4.78 is 4.92. The van der Waals surface area contributed by atoms with Gasteiger partial charge in [0.25, 0.3) is 5.88 Å². The van der Waals surface area contributed by atoms with Crippen LogP contribution in [0.3, 0.4) is 0 Å². The number of Topliss-reactive ketones (excluding diaryl/α,β-unsaturated/α-hetero) is 1. The molecule has 0 N–H and O–H groups in total. The topological polar surface area (TPSA) is 98.5 Å². The van der Waals surface area contributed by atoms with Gasteiger partial charge in [0, 0.05) is 19.0 Å². The van der Waals surface area contributed by atoms with Gasteiger partial charge in [-0.3, -0.25) is 14.9 Å². The van der Waals surface area contributed by atoms with Gasteiger partial charge in [0.1, 0.15) is 12.1 Å². The summed E-state index contributed by atoms with van der Waals surface area (Å²) in [5.41, 5.74) is -0.226. The number of nitro groups is 1. The first-order chi connectivity index (χ1) is 9.54. The Kier molecular flexibility index (Phi) is 4.11. The minimum Gasteiger partial charge on any atom is -0.476 e. The summed E-state index contributed by atoms with van der Waals surface area (Å²) in [4.78, 5) is 31.6. The molecule has 0 aromatic carbocycles. The molecule has 2 heterocycles. The van der Waals surface area contributed by atoms with Gasteiger partial charge in [-0.25, -0.2) is 4.98 Å². The summed E-state index contributed by atoms with van der Waals surface area (Å²) in [5, 5.41) is 11.2. The van der Waals surface area contributed by atoms with Crippen LogP contribution in [-0.4, -0.2) is 40.9 Å². The molecule has 0 aliphatic carbocycles. The summed E-state index contributed by atoms with van der Waals surface area (Å²) >= 11 is 0. The summed E-state index contributed by atoms with van der Waals surface area (Å²) in [6.07, 6.45) is 2.61. The molecule has 0 unspecified atom stereocenters. The lowest BCUT2D eigenvalue weighted by atomic mass is 9.93. The molecular formula is C12H16N4O4. The Morgan fingerprint density at radius 1 is 1.45 bits per heavy atom. The van der Waals surface area contributed by atoms with Crippen molar-refractivity contribution in [3.63, 3.8) is 0 Å². The molecule has 0 radical (unpaired) electrons. The second kappa shape index (κ2) is 5.81. The van der Waals surface area contributed by atoms with Crippen molar-refractivity contribution < 1.29 is 14.5 Å². The number of anilines is 1. The van der Waals surface area contributed by atoms with Gasteiger partial charge in [-0.05, 0) is 19.8 Å². The standard InChI is InChI=1S/C12H16N4O4/c1-8(17)9-3-5-15(6-4-9)11-10(16(18)19)12(20-2)14-7-13-11/h7,9H,3-6H2,1-2H3. The van der Waals surface area contributed by atoms with Crippen LogP contribution in [0.2, 0.25) is 0 Å². The van der Waals surface area contributed by atoms with E-state index in [0.29, 0.717) is 25.9 Å². The molecule has 0 bridgehead atoms. The maximum Gasteiger partial charge on any atom is 0.372 e. The molecule has 2 rings (SSSR count). The molecular weight excluding hydrogens is 264 g/mol. The lowest BCUT2D eigenvalue weighted by Gasteiger charge is -2.31. The third kappa shape index (κ3) is 2.68. The molecule has 8 nitrogen and oxygen atoms in total. The van der Waals surface area contributed by atoms with Gasteiger partial charge in [0.15, 0.2) is 0 Å². The van der Waals surface area contributed by atoms with Crippen molar-refractivity contribution in [2.24, 2.45) is 5.92 Å². The van der Waals surface area contributed by atoms with E-state index in [1.165, 1.54) is 13.4 Å². The zero-order valence-electron chi connectivity index (χ0n) is 11.4. The molecule has 1 aliphatic heterocycles. The Morgan fingerprint density at radius 2 is 2.10 bits per heavy atom. The van der Waals surface area contributed by atoms with E-state index in [2.05, 4.69) is 9.97 Å². The van der Waals surface area contributed by atoms with Gasteiger partial charge >= 0.3 is 5.69 Å². The quantitative estimate of drug-likeness (QED) is 0.603. The van der Waals surface area contributed by atoms with Crippen molar-refractivity contribution in [3.05, 3.63) is 16.4 Å². The van der Waals surface area contributed by atoms with Crippen LogP contribution in [0.1, 0.15) is 19.8 Å². The van der Waals surface area contributed by atoms with Crippen LogP contribution in [0, 0.1) is 16.0 Å². The first-order valence-electron chi connectivity index (χ1n) is 6.33. The minimum atomic E-state index is -0.536. The second-order valence-electron chi connectivity index (χ2n) is 4.68. The number of nitrogens with zero attached hydrogens (tertiary/aromatic N) is 4. The third-order valence-electron chi connectivity index (χ3n) is 3.51. The van der Waals surface area contributed by atoms with Crippen molar-refractivity contribution >= 4 is 17.3 Å². The van der Waals surface area contributed by atoms with Crippen molar-refractivity contribution in [3.8, 4) is 5.88 Å².